The van der Waals surface area contributed by atoms with Gasteiger partial charge in [0.1, 0.15) is 17.9 Å². The van der Waals surface area contributed by atoms with Gasteiger partial charge < -0.3 is 14.5 Å². The highest BCUT2D eigenvalue weighted by atomic mass is 35.5. The molecular formula is C25H27ClN4O2. The molecule has 2 aliphatic heterocycles. The molecule has 0 saturated carbocycles. The van der Waals surface area contributed by atoms with Crippen LogP contribution < -0.4 is 9.64 Å². The van der Waals surface area contributed by atoms with Crippen LogP contribution in [0.1, 0.15) is 32.1 Å². The predicted octanol–water partition coefficient (Wildman–Crippen LogP) is 4.71. The molecule has 2 fully saturated rings. The third kappa shape index (κ3) is 4.11. The van der Waals surface area contributed by atoms with Crippen molar-refractivity contribution in [1.29, 1.82) is 0 Å². The SMILES string of the molecule is O=C(COc1cccc(Cl)c1)N1CCCC2(CCCN2c2ncnc3ccccc23)CC1. The topological polar surface area (TPSA) is 58.6 Å². The van der Waals surface area contributed by atoms with Crippen LogP contribution >= 0.6 is 11.6 Å². The Morgan fingerprint density at radius 1 is 1.00 bits per heavy atom. The van der Waals surface area contributed by atoms with Gasteiger partial charge in [0.2, 0.25) is 0 Å². The molecular weight excluding hydrogens is 424 g/mol. The number of amides is 1. The van der Waals surface area contributed by atoms with Crippen LogP contribution in [-0.4, -0.2) is 52.6 Å². The molecule has 5 rings (SSSR count). The number of halogens is 1. The first kappa shape index (κ1) is 21.0. The molecule has 1 unspecified atom stereocenters. The summed E-state index contributed by atoms with van der Waals surface area (Å²) in [7, 11) is 0. The van der Waals surface area contributed by atoms with E-state index in [1.807, 2.05) is 35.2 Å². The van der Waals surface area contributed by atoms with Crippen molar-refractivity contribution in [3.63, 3.8) is 0 Å². The standard InChI is InChI=1S/C25H27ClN4O2/c26-19-6-3-7-20(16-19)32-17-23(31)29-13-4-10-25(12-15-29)11-5-14-30(25)24-21-8-1-2-9-22(21)27-18-28-24/h1-3,6-9,16,18H,4-5,10-15,17H2. The zero-order valence-electron chi connectivity index (χ0n) is 18.0. The van der Waals surface area contributed by atoms with Crippen molar-refractivity contribution in [1.82, 2.24) is 14.9 Å². The zero-order chi connectivity index (χ0) is 22.0. The van der Waals surface area contributed by atoms with E-state index < -0.39 is 0 Å². The number of benzene rings is 2. The van der Waals surface area contributed by atoms with E-state index in [4.69, 9.17) is 21.3 Å². The number of para-hydroxylation sites is 1. The molecule has 166 valence electrons. The van der Waals surface area contributed by atoms with E-state index >= 15 is 0 Å². The molecule has 3 heterocycles. The van der Waals surface area contributed by atoms with Gasteiger partial charge in [0.25, 0.3) is 5.91 Å². The molecule has 2 aliphatic rings. The molecule has 32 heavy (non-hydrogen) atoms. The number of fused-ring (bicyclic) bond motifs is 1. The van der Waals surface area contributed by atoms with Crippen molar-refractivity contribution >= 4 is 34.2 Å². The minimum absolute atomic E-state index is 0.0269. The molecule has 1 atom stereocenters. The summed E-state index contributed by atoms with van der Waals surface area (Å²) < 4.78 is 5.70. The first-order valence-electron chi connectivity index (χ1n) is 11.3. The van der Waals surface area contributed by atoms with Gasteiger partial charge >= 0.3 is 0 Å². The minimum Gasteiger partial charge on any atom is -0.484 e. The third-order valence-corrected chi connectivity index (χ3v) is 7.04. The average Bonchev–Trinajstić information content (AvgIpc) is 3.09. The van der Waals surface area contributed by atoms with E-state index in [0.717, 1.165) is 68.5 Å². The van der Waals surface area contributed by atoms with Gasteiger partial charge in [-0.25, -0.2) is 9.97 Å². The Morgan fingerprint density at radius 2 is 1.84 bits per heavy atom. The van der Waals surface area contributed by atoms with Crippen LogP contribution in [0.25, 0.3) is 10.9 Å². The molecule has 1 aromatic heterocycles. The summed E-state index contributed by atoms with van der Waals surface area (Å²) in [5.74, 6) is 1.67. The van der Waals surface area contributed by atoms with Gasteiger partial charge in [-0.15, -0.1) is 0 Å². The Balaban J connectivity index is 1.30. The monoisotopic (exact) mass is 450 g/mol. The Morgan fingerprint density at radius 3 is 2.72 bits per heavy atom. The highest BCUT2D eigenvalue weighted by Gasteiger charge is 2.43. The summed E-state index contributed by atoms with van der Waals surface area (Å²) in [5, 5.41) is 1.70. The number of carbonyl (C=O) groups is 1. The molecule has 0 aliphatic carbocycles. The zero-order valence-corrected chi connectivity index (χ0v) is 18.8. The van der Waals surface area contributed by atoms with Gasteiger partial charge in [-0.1, -0.05) is 29.8 Å². The van der Waals surface area contributed by atoms with Crippen LogP contribution in [0.2, 0.25) is 5.02 Å². The third-order valence-electron chi connectivity index (χ3n) is 6.80. The summed E-state index contributed by atoms with van der Waals surface area (Å²) in [6.07, 6.45) is 6.92. The lowest BCUT2D eigenvalue weighted by Gasteiger charge is -2.39. The smallest absolute Gasteiger partial charge is 0.260 e. The molecule has 2 saturated heterocycles. The van der Waals surface area contributed by atoms with Crippen molar-refractivity contribution in [3.05, 3.63) is 59.9 Å². The second kappa shape index (κ2) is 8.94. The van der Waals surface area contributed by atoms with Crippen molar-refractivity contribution in [2.75, 3.05) is 31.1 Å². The molecule has 0 N–H and O–H groups in total. The number of anilines is 1. The van der Waals surface area contributed by atoms with Gasteiger partial charge in [-0.2, -0.15) is 0 Å². The highest BCUT2D eigenvalue weighted by Crippen LogP contribution is 2.42. The lowest BCUT2D eigenvalue weighted by molar-refractivity contribution is -0.133. The van der Waals surface area contributed by atoms with Gasteiger partial charge in [-0.05, 0) is 62.4 Å². The van der Waals surface area contributed by atoms with E-state index in [0.29, 0.717) is 10.8 Å². The summed E-state index contributed by atoms with van der Waals surface area (Å²) in [5.41, 5.74) is 1.02. The van der Waals surface area contributed by atoms with E-state index in [1.54, 1.807) is 18.5 Å². The Hall–Kier alpha value is -2.86. The van der Waals surface area contributed by atoms with Crippen LogP contribution in [-0.2, 0) is 4.79 Å². The number of rotatable bonds is 4. The largest absolute Gasteiger partial charge is 0.484 e. The average molecular weight is 451 g/mol. The molecule has 1 amide bonds. The van der Waals surface area contributed by atoms with E-state index in [9.17, 15) is 4.79 Å². The van der Waals surface area contributed by atoms with Crippen LogP contribution in [0.15, 0.2) is 54.9 Å². The second-order valence-electron chi connectivity index (χ2n) is 8.67. The molecule has 0 bridgehead atoms. The highest BCUT2D eigenvalue weighted by molar-refractivity contribution is 6.30. The molecule has 3 aromatic rings. The molecule has 2 aromatic carbocycles. The summed E-state index contributed by atoms with van der Waals surface area (Å²) in [4.78, 5) is 26.5. The first-order chi connectivity index (χ1) is 15.6. The number of hydrogen-bond donors (Lipinski definition) is 0. The van der Waals surface area contributed by atoms with Crippen molar-refractivity contribution in [2.45, 2.75) is 37.6 Å². The quantitative estimate of drug-likeness (QED) is 0.576. The molecule has 7 heteroatoms. The van der Waals surface area contributed by atoms with E-state index in [2.05, 4.69) is 16.0 Å². The van der Waals surface area contributed by atoms with Crippen molar-refractivity contribution in [3.8, 4) is 5.75 Å². The summed E-state index contributed by atoms with van der Waals surface area (Å²) in [6.45, 7) is 2.52. The number of likely N-dealkylation sites (tertiary alicyclic amines) is 1. The number of ether oxygens (including phenoxy) is 1. The fourth-order valence-electron chi connectivity index (χ4n) is 5.22. The number of aromatic nitrogens is 2. The molecule has 0 radical (unpaired) electrons. The lowest BCUT2D eigenvalue weighted by atomic mass is 9.87. The molecule has 6 nitrogen and oxygen atoms in total. The fraction of sp³-hybridized carbons (Fsp3) is 0.400. The van der Waals surface area contributed by atoms with Gasteiger partial charge in [0, 0.05) is 35.6 Å². The number of nitrogens with zero attached hydrogens (tertiary/aromatic N) is 4. The lowest BCUT2D eigenvalue weighted by Crippen LogP contribution is -2.45. The van der Waals surface area contributed by atoms with Crippen molar-refractivity contribution < 1.29 is 9.53 Å². The Labute approximate surface area is 193 Å². The van der Waals surface area contributed by atoms with Gasteiger partial charge in [0.15, 0.2) is 6.61 Å². The summed E-state index contributed by atoms with van der Waals surface area (Å²) in [6, 6.07) is 15.4. The van der Waals surface area contributed by atoms with Gasteiger partial charge in [0.05, 0.1) is 5.52 Å². The Kier molecular flexibility index (Phi) is 5.87. The van der Waals surface area contributed by atoms with Crippen molar-refractivity contribution in [2.24, 2.45) is 0 Å². The minimum atomic E-state index is 0.0269. The van der Waals surface area contributed by atoms with Crippen LogP contribution in [0.5, 0.6) is 5.75 Å². The normalized spacial score (nSPS) is 21.2. The first-order valence-corrected chi connectivity index (χ1v) is 11.7. The Bertz CT molecular complexity index is 1120. The maximum absolute atomic E-state index is 12.9. The van der Waals surface area contributed by atoms with Crippen LogP contribution in [0, 0.1) is 0 Å². The maximum atomic E-state index is 12.9. The molecule has 1 spiro atoms. The van der Waals surface area contributed by atoms with Gasteiger partial charge in [-0.3, -0.25) is 4.79 Å². The maximum Gasteiger partial charge on any atom is 0.260 e. The second-order valence-corrected chi connectivity index (χ2v) is 9.11. The number of carbonyl (C=O) groups excluding carboxylic acids is 1. The fourth-order valence-corrected chi connectivity index (χ4v) is 5.40. The van der Waals surface area contributed by atoms with E-state index in [1.165, 1.54) is 0 Å². The van der Waals surface area contributed by atoms with Crippen LogP contribution in [0.3, 0.4) is 0 Å². The van der Waals surface area contributed by atoms with Crippen LogP contribution in [0.4, 0.5) is 5.82 Å². The summed E-state index contributed by atoms with van der Waals surface area (Å²) >= 11 is 6.01. The number of hydrogen-bond acceptors (Lipinski definition) is 5. The van der Waals surface area contributed by atoms with E-state index in [-0.39, 0.29) is 18.1 Å². The predicted molar refractivity (Wildman–Crippen MR) is 126 cm³/mol.